The van der Waals surface area contributed by atoms with Crippen LogP contribution >= 0.6 is 15.9 Å². The average molecular weight is 416 g/mol. The molecule has 0 aliphatic heterocycles. The fourth-order valence-electron chi connectivity index (χ4n) is 2.54. The largest absolute Gasteiger partial charge is 0.496 e. The molecule has 6 heteroatoms. The molecule has 0 aliphatic rings. The zero-order valence-electron chi connectivity index (χ0n) is 14.6. The van der Waals surface area contributed by atoms with Crippen LogP contribution in [0.5, 0.6) is 5.75 Å². The van der Waals surface area contributed by atoms with Crippen molar-refractivity contribution in [3.8, 4) is 5.75 Å². The van der Waals surface area contributed by atoms with E-state index in [1.807, 2.05) is 18.2 Å². The summed E-state index contributed by atoms with van der Waals surface area (Å²) in [5.74, 6) is 0.0172. The summed E-state index contributed by atoms with van der Waals surface area (Å²) in [6.07, 6.45) is 0. The number of carbonyl (C=O) groups excluding carboxylic acids is 2. The molecule has 0 aliphatic carbocycles. The smallest absolute Gasteiger partial charge is 0.230 e. The number of ketones is 1. The Bertz CT molecular complexity index is 991. The number of amides is 1. The van der Waals surface area contributed by atoms with Crippen LogP contribution < -0.4 is 10.1 Å². The van der Waals surface area contributed by atoms with Gasteiger partial charge in [-0.15, -0.1) is 0 Å². The van der Waals surface area contributed by atoms with Gasteiger partial charge in [-0.05, 0) is 46.3 Å². The van der Waals surface area contributed by atoms with E-state index in [9.17, 15) is 9.59 Å². The average Bonchev–Trinajstić information content (AvgIpc) is 2.99. The SMILES string of the molecule is COc1ccc(C(=O)c2oc3ccccc3c2NC(=O)C(C)C)cc1Br. The molecule has 0 bridgehead atoms. The highest BCUT2D eigenvalue weighted by molar-refractivity contribution is 9.10. The molecule has 0 atom stereocenters. The summed E-state index contributed by atoms with van der Waals surface area (Å²) in [4.78, 5) is 25.2. The van der Waals surface area contributed by atoms with Gasteiger partial charge in [0.25, 0.3) is 0 Å². The Balaban J connectivity index is 2.10. The molecule has 1 heterocycles. The van der Waals surface area contributed by atoms with Gasteiger partial charge in [-0.3, -0.25) is 9.59 Å². The number of nitrogens with one attached hydrogen (secondary N) is 1. The van der Waals surface area contributed by atoms with Crippen LogP contribution in [-0.4, -0.2) is 18.8 Å². The molecule has 26 heavy (non-hydrogen) atoms. The third-order valence-electron chi connectivity index (χ3n) is 3.99. The molecule has 1 amide bonds. The fraction of sp³-hybridized carbons (Fsp3) is 0.200. The molecule has 1 N–H and O–H groups in total. The summed E-state index contributed by atoms with van der Waals surface area (Å²) in [5, 5.41) is 3.52. The first-order chi connectivity index (χ1) is 12.4. The molecular weight excluding hydrogens is 398 g/mol. The highest BCUT2D eigenvalue weighted by Crippen LogP contribution is 2.34. The van der Waals surface area contributed by atoms with Crippen molar-refractivity contribution >= 4 is 44.3 Å². The van der Waals surface area contributed by atoms with E-state index in [0.717, 1.165) is 0 Å². The van der Waals surface area contributed by atoms with E-state index in [1.54, 1.807) is 45.2 Å². The molecule has 0 unspecified atom stereocenters. The number of ether oxygens (including phenoxy) is 1. The van der Waals surface area contributed by atoms with Crippen molar-refractivity contribution in [2.75, 3.05) is 12.4 Å². The molecule has 0 fully saturated rings. The number of furan rings is 1. The first kappa shape index (κ1) is 18.2. The normalized spacial score (nSPS) is 11.0. The number of benzene rings is 2. The highest BCUT2D eigenvalue weighted by atomic mass is 79.9. The van der Waals surface area contributed by atoms with Crippen molar-refractivity contribution in [2.24, 2.45) is 5.92 Å². The number of carbonyl (C=O) groups is 2. The predicted octanol–water partition coefficient (Wildman–Crippen LogP) is 5.03. The molecule has 3 rings (SSSR count). The van der Waals surface area contributed by atoms with E-state index in [-0.39, 0.29) is 23.4 Å². The second-order valence-electron chi connectivity index (χ2n) is 6.12. The molecule has 5 nitrogen and oxygen atoms in total. The number of anilines is 1. The third-order valence-corrected chi connectivity index (χ3v) is 4.61. The first-order valence-corrected chi connectivity index (χ1v) is 8.92. The lowest BCUT2D eigenvalue weighted by atomic mass is 10.1. The lowest BCUT2D eigenvalue weighted by molar-refractivity contribution is -0.118. The van der Waals surface area contributed by atoms with Crippen LogP contribution in [0.1, 0.15) is 30.0 Å². The Morgan fingerprint density at radius 3 is 2.54 bits per heavy atom. The minimum absolute atomic E-state index is 0.109. The van der Waals surface area contributed by atoms with E-state index in [2.05, 4.69) is 21.2 Å². The van der Waals surface area contributed by atoms with Gasteiger partial charge in [-0.25, -0.2) is 0 Å². The van der Waals surface area contributed by atoms with Crippen LogP contribution in [0.3, 0.4) is 0 Å². The first-order valence-electron chi connectivity index (χ1n) is 8.13. The second-order valence-corrected chi connectivity index (χ2v) is 6.98. The van der Waals surface area contributed by atoms with Crippen molar-refractivity contribution in [1.29, 1.82) is 0 Å². The topological polar surface area (TPSA) is 68.5 Å². The maximum absolute atomic E-state index is 13.0. The molecule has 0 saturated carbocycles. The summed E-state index contributed by atoms with van der Waals surface area (Å²) < 4.78 is 11.6. The summed E-state index contributed by atoms with van der Waals surface area (Å²) in [7, 11) is 1.56. The van der Waals surface area contributed by atoms with Gasteiger partial charge >= 0.3 is 0 Å². The van der Waals surface area contributed by atoms with Crippen molar-refractivity contribution in [3.63, 3.8) is 0 Å². The Hall–Kier alpha value is -2.60. The van der Waals surface area contributed by atoms with E-state index in [4.69, 9.17) is 9.15 Å². The summed E-state index contributed by atoms with van der Waals surface area (Å²) >= 11 is 3.38. The van der Waals surface area contributed by atoms with Crippen LogP contribution in [0.4, 0.5) is 5.69 Å². The Morgan fingerprint density at radius 2 is 1.88 bits per heavy atom. The summed E-state index contributed by atoms with van der Waals surface area (Å²) in [5.41, 5.74) is 1.37. The number of hydrogen-bond donors (Lipinski definition) is 1. The lowest BCUT2D eigenvalue weighted by Crippen LogP contribution is -2.19. The number of rotatable bonds is 5. The number of methoxy groups -OCH3 is 1. The van der Waals surface area contributed by atoms with E-state index < -0.39 is 0 Å². The molecule has 0 radical (unpaired) electrons. The van der Waals surface area contributed by atoms with Gasteiger partial charge in [0.1, 0.15) is 11.3 Å². The molecule has 1 aromatic heterocycles. The molecule has 134 valence electrons. The van der Waals surface area contributed by atoms with E-state index >= 15 is 0 Å². The molecule has 0 saturated heterocycles. The maximum Gasteiger partial charge on any atom is 0.230 e. The number of hydrogen-bond acceptors (Lipinski definition) is 4. The van der Waals surface area contributed by atoms with E-state index in [0.29, 0.717) is 32.4 Å². The van der Waals surface area contributed by atoms with Gasteiger partial charge in [-0.2, -0.15) is 0 Å². The predicted molar refractivity (Wildman–Crippen MR) is 104 cm³/mol. The second kappa shape index (κ2) is 7.33. The Kier molecular flexibility index (Phi) is 5.13. The Morgan fingerprint density at radius 1 is 1.15 bits per heavy atom. The molecule has 2 aromatic carbocycles. The molecule has 0 spiro atoms. The monoisotopic (exact) mass is 415 g/mol. The maximum atomic E-state index is 13.0. The van der Waals surface area contributed by atoms with Gasteiger partial charge in [0.05, 0.1) is 17.3 Å². The van der Waals surface area contributed by atoms with Crippen molar-refractivity contribution in [2.45, 2.75) is 13.8 Å². The van der Waals surface area contributed by atoms with Gasteiger partial charge in [-0.1, -0.05) is 26.0 Å². The van der Waals surface area contributed by atoms with Gasteiger partial charge < -0.3 is 14.5 Å². The van der Waals surface area contributed by atoms with Gasteiger partial charge in [0.15, 0.2) is 5.76 Å². The van der Waals surface area contributed by atoms with Crippen LogP contribution in [0.25, 0.3) is 11.0 Å². The quantitative estimate of drug-likeness (QED) is 0.593. The molecule has 3 aromatic rings. The van der Waals surface area contributed by atoms with Crippen molar-refractivity contribution < 1.29 is 18.7 Å². The van der Waals surface area contributed by atoms with Crippen LogP contribution in [0, 0.1) is 5.92 Å². The van der Waals surface area contributed by atoms with Crippen LogP contribution in [0.2, 0.25) is 0 Å². The third kappa shape index (κ3) is 3.37. The lowest BCUT2D eigenvalue weighted by Gasteiger charge is -2.09. The zero-order chi connectivity index (χ0) is 18.8. The Labute approximate surface area is 159 Å². The van der Waals surface area contributed by atoms with Gasteiger partial charge in [0, 0.05) is 16.9 Å². The van der Waals surface area contributed by atoms with Crippen LogP contribution in [-0.2, 0) is 4.79 Å². The fourth-order valence-corrected chi connectivity index (χ4v) is 3.08. The summed E-state index contributed by atoms with van der Waals surface area (Å²) in [6.45, 7) is 3.58. The van der Waals surface area contributed by atoms with Gasteiger partial charge in [0.2, 0.25) is 11.7 Å². The highest BCUT2D eigenvalue weighted by Gasteiger charge is 2.24. The number of para-hydroxylation sites is 1. The van der Waals surface area contributed by atoms with Crippen LogP contribution in [0.15, 0.2) is 51.4 Å². The minimum Gasteiger partial charge on any atom is -0.496 e. The van der Waals surface area contributed by atoms with Crippen molar-refractivity contribution in [3.05, 3.63) is 58.3 Å². The standard InChI is InChI=1S/C20H18BrNO4/c1-11(2)20(24)22-17-13-6-4-5-7-15(13)26-19(17)18(23)12-8-9-16(25-3)14(21)10-12/h4-11H,1-3H3,(H,22,24). The summed E-state index contributed by atoms with van der Waals surface area (Å²) in [6, 6.07) is 12.3. The molecular formula is C20H18BrNO4. The number of halogens is 1. The zero-order valence-corrected chi connectivity index (χ0v) is 16.2. The van der Waals surface area contributed by atoms with Crippen molar-refractivity contribution in [1.82, 2.24) is 0 Å². The minimum atomic E-state index is -0.316. The van der Waals surface area contributed by atoms with E-state index in [1.165, 1.54) is 0 Å². The number of fused-ring (bicyclic) bond motifs is 1.